The van der Waals surface area contributed by atoms with Crippen LogP contribution in [0.4, 0.5) is 10.1 Å². The Morgan fingerprint density at radius 3 is 2.40 bits per heavy atom. The summed E-state index contributed by atoms with van der Waals surface area (Å²) in [7, 11) is 1.86. The van der Waals surface area contributed by atoms with Crippen LogP contribution in [0.5, 0.6) is 0 Å². The predicted octanol–water partition coefficient (Wildman–Crippen LogP) is 3.97. The highest BCUT2D eigenvalue weighted by atomic mass is 19.1. The lowest BCUT2D eigenvalue weighted by molar-refractivity contribution is 0.101. The van der Waals surface area contributed by atoms with Crippen molar-refractivity contribution in [2.75, 3.05) is 11.9 Å². The number of halogens is 1. The minimum Gasteiger partial charge on any atom is -0.370 e. The summed E-state index contributed by atoms with van der Waals surface area (Å²) in [6.45, 7) is 4.06. The van der Waals surface area contributed by atoms with Crippen molar-refractivity contribution in [3.63, 3.8) is 0 Å². The van der Waals surface area contributed by atoms with Crippen molar-refractivity contribution in [2.45, 2.75) is 20.4 Å². The van der Waals surface area contributed by atoms with Gasteiger partial charge >= 0.3 is 0 Å². The number of Topliss-reactive ketones (excluding diaryl/α,β-unsaturated/α-hetero) is 1. The number of carbonyl (C=O) groups is 1. The molecule has 0 amide bonds. The maximum Gasteiger partial charge on any atom is 0.164 e. The van der Waals surface area contributed by atoms with E-state index >= 15 is 0 Å². The molecule has 0 spiro atoms. The van der Waals surface area contributed by atoms with Crippen molar-refractivity contribution in [3.05, 3.63) is 65.0 Å². The predicted molar refractivity (Wildman–Crippen MR) is 79.7 cm³/mol. The lowest BCUT2D eigenvalue weighted by Crippen LogP contribution is -2.19. The van der Waals surface area contributed by atoms with Gasteiger partial charge in [0.05, 0.1) is 11.3 Å². The van der Waals surface area contributed by atoms with Crippen LogP contribution < -0.4 is 4.90 Å². The molecule has 0 aliphatic rings. The van der Waals surface area contributed by atoms with Crippen molar-refractivity contribution < 1.29 is 9.18 Å². The molecule has 0 bridgehead atoms. The molecule has 2 nitrogen and oxygen atoms in total. The second-order valence-corrected chi connectivity index (χ2v) is 5.03. The van der Waals surface area contributed by atoms with Gasteiger partial charge < -0.3 is 4.90 Å². The molecule has 0 N–H and O–H groups in total. The van der Waals surface area contributed by atoms with Gasteiger partial charge in [-0.3, -0.25) is 4.79 Å². The molecule has 0 atom stereocenters. The summed E-state index contributed by atoms with van der Waals surface area (Å²) in [5.41, 5.74) is 3.10. The zero-order chi connectivity index (χ0) is 14.7. The first-order valence-corrected chi connectivity index (χ1v) is 6.55. The number of ketones is 1. The van der Waals surface area contributed by atoms with Gasteiger partial charge in [0.25, 0.3) is 0 Å². The van der Waals surface area contributed by atoms with Crippen LogP contribution >= 0.6 is 0 Å². The molecule has 104 valence electrons. The van der Waals surface area contributed by atoms with E-state index in [1.54, 1.807) is 12.1 Å². The third-order valence-electron chi connectivity index (χ3n) is 3.30. The summed E-state index contributed by atoms with van der Waals surface area (Å²) < 4.78 is 13.8. The Hall–Kier alpha value is -2.16. The number of hydrogen-bond donors (Lipinski definition) is 0. The minimum atomic E-state index is -0.467. The van der Waals surface area contributed by atoms with Crippen LogP contribution in [-0.2, 0) is 6.54 Å². The normalized spacial score (nSPS) is 10.4. The van der Waals surface area contributed by atoms with Gasteiger partial charge in [-0.05, 0) is 31.5 Å². The summed E-state index contributed by atoms with van der Waals surface area (Å²) in [5, 5.41) is 0. The van der Waals surface area contributed by atoms with Crippen molar-refractivity contribution in [2.24, 2.45) is 0 Å². The molecule has 2 aromatic rings. The van der Waals surface area contributed by atoms with Gasteiger partial charge in [-0.1, -0.05) is 35.9 Å². The topological polar surface area (TPSA) is 20.3 Å². The van der Waals surface area contributed by atoms with Crippen LogP contribution in [0.2, 0.25) is 0 Å². The van der Waals surface area contributed by atoms with E-state index in [2.05, 4.69) is 0 Å². The molecule has 0 fully saturated rings. The Labute approximate surface area is 118 Å². The van der Waals surface area contributed by atoms with Crippen molar-refractivity contribution in [3.8, 4) is 0 Å². The van der Waals surface area contributed by atoms with Gasteiger partial charge in [0.1, 0.15) is 5.82 Å². The molecule has 0 aliphatic heterocycles. The van der Waals surface area contributed by atoms with E-state index in [9.17, 15) is 9.18 Å². The van der Waals surface area contributed by atoms with Crippen molar-refractivity contribution >= 4 is 11.5 Å². The SMILES string of the molecule is CC(=O)c1c(F)cccc1N(C)Cc1ccc(C)cc1. The zero-order valence-electron chi connectivity index (χ0n) is 12.0. The van der Waals surface area contributed by atoms with E-state index in [1.165, 1.54) is 18.6 Å². The Morgan fingerprint density at radius 2 is 1.80 bits per heavy atom. The molecule has 0 saturated carbocycles. The van der Waals surface area contributed by atoms with Crippen LogP contribution in [0.1, 0.15) is 28.4 Å². The first kappa shape index (κ1) is 14.3. The lowest BCUT2D eigenvalue weighted by atomic mass is 10.1. The smallest absolute Gasteiger partial charge is 0.164 e. The van der Waals surface area contributed by atoms with Crippen molar-refractivity contribution in [1.29, 1.82) is 0 Å². The van der Waals surface area contributed by atoms with E-state index in [1.807, 2.05) is 43.1 Å². The van der Waals surface area contributed by atoms with Gasteiger partial charge in [0.2, 0.25) is 0 Å². The fourth-order valence-corrected chi connectivity index (χ4v) is 2.23. The average molecular weight is 271 g/mol. The van der Waals surface area contributed by atoms with Gasteiger partial charge in [-0.25, -0.2) is 4.39 Å². The monoisotopic (exact) mass is 271 g/mol. The zero-order valence-corrected chi connectivity index (χ0v) is 12.0. The van der Waals surface area contributed by atoms with E-state index in [0.717, 1.165) is 5.56 Å². The first-order chi connectivity index (χ1) is 9.49. The average Bonchev–Trinajstić information content (AvgIpc) is 2.40. The highest BCUT2D eigenvalue weighted by Gasteiger charge is 2.15. The van der Waals surface area contributed by atoms with Crippen LogP contribution in [0, 0.1) is 12.7 Å². The molecule has 0 radical (unpaired) electrons. The largest absolute Gasteiger partial charge is 0.370 e. The molecule has 0 heterocycles. The van der Waals surface area contributed by atoms with Gasteiger partial charge in [0, 0.05) is 13.6 Å². The number of benzene rings is 2. The highest BCUT2D eigenvalue weighted by Crippen LogP contribution is 2.24. The van der Waals surface area contributed by atoms with Gasteiger partial charge in [-0.15, -0.1) is 0 Å². The Bertz CT molecular complexity index is 619. The van der Waals surface area contributed by atoms with E-state index in [-0.39, 0.29) is 11.3 Å². The summed E-state index contributed by atoms with van der Waals surface area (Å²) in [4.78, 5) is 13.5. The maximum absolute atomic E-state index is 13.8. The molecule has 2 aromatic carbocycles. The summed E-state index contributed by atoms with van der Waals surface area (Å²) in [5.74, 6) is -0.723. The van der Waals surface area contributed by atoms with Crippen LogP contribution in [0.3, 0.4) is 0 Å². The van der Waals surface area contributed by atoms with Crippen molar-refractivity contribution in [1.82, 2.24) is 0 Å². The third-order valence-corrected chi connectivity index (χ3v) is 3.30. The molecule has 0 aromatic heterocycles. The Morgan fingerprint density at radius 1 is 1.15 bits per heavy atom. The fourth-order valence-electron chi connectivity index (χ4n) is 2.23. The molecular weight excluding hydrogens is 253 g/mol. The molecule has 20 heavy (non-hydrogen) atoms. The first-order valence-electron chi connectivity index (χ1n) is 6.55. The minimum absolute atomic E-state index is 0.155. The molecule has 0 saturated heterocycles. The van der Waals surface area contributed by atoms with Crippen LogP contribution in [0.25, 0.3) is 0 Å². The maximum atomic E-state index is 13.8. The van der Waals surface area contributed by atoms with Crippen LogP contribution in [0.15, 0.2) is 42.5 Å². The molecule has 2 rings (SSSR count). The Kier molecular flexibility index (Phi) is 4.18. The number of carbonyl (C=O) groups excluding carboxylic acids is 1. The lowest BCUT2D eigenvalue weighted by Gasteiger charge is -2.22. The van der Waals surface area contributed by atoms with Gasteiger partial charge in [-0.2, -0.15) is 0 Å². The second kappa shape index (κ2) is 5.87. The molecule has 0 unspecified atom stereocenters. The standard InChI is InChI=1S/C17H18FNO/c1-12-7-9-14(10-8-12)11-19(3)16-6-4-5-15(18)17(16)13(2)20/h4-10H,11H2,1-3H3. The number of rotatable bonds is 4. The number of nitrogens with zero attached hydrogens (tertiary/aromatic N) is 1. The number of anilines is 1. The fraction of sp³-hybridized carbons (Fsp3) is 0.235. The number of hydrogen-bond acceptors (Lipinski definition) is 2. The molecule has 0 aliphatic carbocycles. The summed E-state index contributed by atoms with van der Waals surface area (Å²) in [6, 6.07) is 12.9. The Balaban J connectivity index is 2.29. The summed E-state index contributed by atoms with van der Waals surface area (Å²) in [6.07, 6.45) is 0. The molecule has 3 heteroatoms. The molecular formula is C17H18FNO. The van der Waals surface area contributed by atoms with Gasteiger partial charge in [0.15, 0.2) is 5.78 Å². The van der Waals surface area contributed by atoms with Crippen LogP contribution in [-0.4, -0.2) is 12.8 Å². The number of aryl methyl sites for hydroxylation is 1. The highest BCUT2D eigenvalue weighted by molar-refractivity contribution is 5.99. The third kappa shape index (κ3) is 3.05. The second-order valence-electron chi connectivity index (χ2n) is 5.03. The van der Waals surface area contributed by atoms with E-state index in [4.69, 9.17) is 0 Å². The summed E-state index contributed by atoms with van der Waals surface area (Å²) >= 11 is 0. The quantitative estimate of drug-likeness (QED) is 0.784. The van der Waals surface area contributed by atoms with E-state index in [0.29, 0.717) is 12.2 Å². The van der Waals surface area contributed by atoms with E-state index < -0.39 is 5.82 Å².